The zero-order valence-corrected chi connectivity index (χ0v) is 7.52. The highest BCUT2D eigenvalue weighted by atomic mass is 79.9. The van der Waals surface area contributed by atoms with Crippen LogP contribution in [0.3, 0.4) is 0 Å². The first-order valence-electron chi connectivity index (χ1n) is 2.30. The van der Waals surface area contributed by atoms with Gasteiger partial charge < -0.3 is 0 Å². The number of halogens is 5. The van der Waals surface area contributed by atoms with Gasteiger partial charge in [-0.15, -0.1) is 0 Å². The van der Waals surface area contributed by atoms with Crippen LogP contribution in [0.4, 0.5) is 13.8 Å². The molecule has 0 radical (unpaired) electrons. The minimum atomic E-state index is -0.397. The third-order valence-corrected chi connectivity index (χ3v) is 1.68. The van der Waals surface area contributed by atoms with E-state index in [4.69, 9.17) is 11.6 Å². The summed E-state index contributed by atoms with van der Waals surface area (Å²) in [5, 5.41) is 0.151. The quantitative estimate of drug-likeness (QED) is 0.617. The van der Waals surface area contributed by atoms with Gasteiger partial charge in [-0.2, -0.15) is 0 Å². The Bertz CT molecular complexity index is 229. The average molecular weight is 249 g/mol. The predicted octanol–water partition coefficient (Wildman–Crippen LogP) is 3.55. The maximum absolute atomic E-state index is 12.4. The first kappa shape index (κ1) is 13.4. The van der Waals surface area contributed by atoms with Crippen molar-refractivity contribution in [3.63, 3.8) is 0 Å². The minimum absolute atomic E-state index is 0. The smallest absolute Gasteiger partial charge is 0.142 e. The van der Waals surface area contributed by atoms with Crippen molar-refractivity contribution in [1.82, 2.24) is 0 Å². The van der Waals surface area contributed by atoms with Gasteiger partial charge in [-0.05, 0) is 18.2 Å². The molecule has 11 heavy (non-hydrogen) atoms. The maximum atomic E-state index is 12.4. The molecule has 0 unspecified atom stereocenters. The van der Waals surface area contributed by atoms with E-state index >= 15 is 0 Å². The van der Waals surface area contributed by atoms with Gasteiger partial charge in [0.25, 0.3) is 0 Å². The zero-order chi connectivity index (χ0) is 6.85. The lowest BCUT2D eigenvalue weighted by molar-refractivity contribution is 0.627. The fraction of sp³-hybridized carbons (Fsp3) is 0. The molecule has 0 heterocycles. The molecule has 64 valence electrons. The van der Waals surface area contributed by atoms with Gasteiger partial charge in [0.1, 0.15) is 5.82 Å². The Labute approximate surface area is 75.2 Å². The lowest BCUT2D eigenvalue weighted by Gasteiger charge is -1.91. The van der Waals surface area contributed by atoms with Gasteiger partial charge in [0.15, 0.2) is 0 Å². The number of rotatable bonds is 0. The molecule has 1 aromatic rings. The maximum Gasteiger partial charge on any atom is 0.142 e. The van der Waals surface area contributed by atoms with Crippen molar-refractivity contribution in [2.45, 2.75) is 0 Å². The van der Waals surface area contributed by atoms with Gasteiger partial charge in [0.2, 0.25) is 0 Å². The van der Waals surface area contributed by atoms with Crippen LogP contribution >= 0.6 is 27.5 Å². The average Bonchev–Trinajstić information content (AvgIpc) is 1.80. The van der Waals surface area contributed by atoms with Crippen LogP contribution in [-0.2, 0) is 0 Å². The summed E-state index contributed by atoms with van der Waals surface area (Å²) in [7, 11) is 0. The van der Waals surface area contributed by atoms with E-state index in [1.54, 1.807) is 6.07 Å². The van der Waals surface area contributed by atoms with Crippen LogP contribution in [0.5, 0.6) is 0 Å². The molecule has 0 fully saturated rings. The highest BCUT2D eigenvalue weighted by molar-refractivity contribution is 9.10. The monoisotopic (exact) mass is 248 g/mol. The molecule has 0 N–H and O–H groups in total. The van der Waals surface area contributed by atoms with E-state index in [2.05, 4.69) is 15.9 Å². The van der Waals surface area contributed by atoms with Crippen molar-refractivity contribution in [1.29, 1.82) is 0 Å². The first-order chi connectivity index (χ1) is 4.20. The molecule has 0 aliphatic carbocycles. The highest BCUT2D eigenvalue weighted by Gasteiger charge is 1.96. The second-order valence-corrected chi connectivity index (χ2v) is 2.88. The normalized spacial score (nSPS) is 7.91. The summed E-state index contributed by atoms with van der Waals surface area (Å²) in [6.45, 7) is 0. The van der Waals surface area contributed by atoms with Gasteiger partial charge in [-0.25, -0.2) is 4.39 Å². The standard InChI is InChI=1S/C6H3BrClF.2FH/c7-4-1-2-5(8)6(9)3-4;;/h1-3H;2*1H. The summed E-state index contributed by atoms with van der Waals surface area (Å²) in [6.07, 6.45) is 0. The highest BCUT2D eigenvalue weighted by Crippen LogP contribution is 2.18. The third kappa shape index (κ3) is 3.62. The van der Waals surface area contributed by atoms with Crippen molar-refractivity contribution in [2.24, 2.45) is 0 Å². The van der Waals surface area contributed by atoms with E-state index in [1.807, 2.05) is 0 Å². The van der Waals surface area contributed by atoms with Crippen molar-refractivity contribution < 1.29 is 13.8 Å². The lowest BCUT2D eigenvalue weighted by atomic mass is 10.3. The largest absolute Gasteiger partial charge is 0.269 e. The van der Waals surface area contributed by atoms with Crippen molar-refractivity contribution in [3.05, 3.63) is 33.5 Å². The Kier molecular flexibility index (Phi) is 6.61. The van der Waals surface area contributed by atoms with Crippen molar-refractivity contribution in [3.8, 4) is 0 Å². The van der Waals surface area contributed by atoms with Crippen LogP contribution < -0.4 is 0 Å². The lowest BCUT2D eigenvalue weighted by Crippen LogP contribution is -1.73. The molecule has 0 nitrogen and oxygen atoms in total. The van der Waals surface area contributed by atoms with Crippen molar-refractivity contribution in [2.75, 3.05) is 0 Å². The van der Waals surface area contributed by atoms with E-state index in [9.17, 15) is 4.39 Å². The van der Waals surface area contributed by atoms with Gasteiger partial charge in [-0.1, -0.05) is 27.5 Å². The Morgan fingerprint density at radius 2 is 1.82 bits per heavy atom. The van der Waals surface area contributed by atoms with Gasteiger partial charge >= 0.3 is 0 Å². The molecule has 0 aliphatic heterocycles. The Balaban J connectivity index is 0. The molecule has 0 spiro atoms. The zero-order valence-electron chi connectivity index (χ0n) is 5.18. The summed E-state index contributed by atoms with van der Waals surface area (Å²) in [5.74, 6) is -0.397. The fourth-order valence-electron chi connectivity index (χ4n) is 0.470. The summed E-state index contributed by atoms with van der Waals surface area (Å²) in [6, 6.07) is 4.51. The van der Waals surface area contributed by atoms with Crippen LogP contribution in [0.15, 0.2) is 22.7 Å². The Morgan fingerprint density at radius 3 is 2.18 bits per heavy atom. The number of hydrogen-bond acceptors (Lipinski definition) is 0. The molecular weight excluding hydrogens is 244 g/mol. The summed E-state index contributed by atoms with van der Waals surface area (Å²) >= 11 is 8.48. The number of benzene rings is 1. The predicted molar refractivity (Wildman–Crippen MR) is 44.1 cm³/mol. The molecule has 0 aliphatic rings. The van der Waals surface area contributed by atoms with Crippen LogP contribution in [0.2, 0.25) is 5.02 Å². The number of hydrogen-bond donors (Lipinski definition) is 0. The topological polar surface area (TPSA) is 0 Å². The first-order valence-corrected chi connectivity index (χ1v) is 3.48. The molecule has 0 aromatic heterocycles. The van der Waals surface area contributed by atoms with E-state index in [0.717, 1.165) is 0 Å². The Morgan fingerprint density at radius 1 is 1.27 bits per heavy atom. The van der Waals surface area contributed by atoms with E-state index in [-0.39, 0.29) is 14.4 Å². The summed E-state index contributed by atoms with van der Waals surface area (Å²) < 4.78 is 13.1. The van der Waals surface area contributed by atoms with Crippen molar-refractivity contribution >= 4 is 27.5 Å². The fourth-order valence-corrected chi connectivity index (χ4v) is 0.921. The molecule has 0 saturated carbocycles. The van der Waals surface area contributed by atoms with Gasteiger partial charge in [0.05, 0.1) is 5.02 Å². The molecular formula is C6H5BrClF3. The van der Waals surface area contributed by atoms with E-state index in [1.165, 1.54) is 12.1 Å². The van der Waals surface area contributed by atoms with E-state index in [0.29, 0.717) is 4.47 Å². The molecule has 1 aromatic carbocycles. The van der Waals surface area contributed by atoms with Gasteiger partial charge in [-0.3, -0.25) is 9.41 Å². The van der Waals surface area contributed by atoms with Crippen LogP contribution in [-0.4, -0.2) is 0 Å². The third-order valence-electron chi connectivity index (χ3n) is 0.882. The molecule has 5 heteroatoms. The van der Waals surface area contributed by atoms with E-state index < -0.39 is 5.82 Å². The molecule has 1 rings (SSSR count). The second-order valence-electron chi connectivity index (χ2n) is 1.56. The summed E-state index contributed by atoms with van der Waals surface area (Å²) in [5.41, 5.74) is 0. The SMILES string of the molecule is F.F.Fc1cc(Br)ccc1Cl. The molecule has 0 atom stereocenters. The molecule has 0 saturated heterocycles. The molecule has 0 amide bonds. The Hall–Kier alpha value is -0.220. The minimum Gasteiger partial charge on any atom is -0.269 e. The van der Waals surface area contributed by atoms with Crippen LogP contribution in [0.25, 0.3) is 0 Å². The van der Waals surface area contributed by atoms with Crippen LogP contribution in [0, 0.1) is 5.82 Å². The second kappa shape index (κ2) is 5.43. The summed E-state index contributed by atoms with van der Waals surface area (Å²) in [4.78, 5) is 0. The van der Waals surface area contributed by atoms with Crippen LogP contribution in [0.1, 0.15) is 0 Å². The van der Waals surface area contributed by atoms with Gasteiger partial charge in [0, 0.05) is 4.47 Å². The molecule has 0 bridgehead atoms.